The average molecular weight is 447 g/mol. The molecular weight excluding hydrogens is 430 g/mol. The summed E-state index contributed by atoms with van der Waals surface area (Å²) in [4.78, 5) is 35.7. The zero-order chi connectivity index (χ0) is 23.5. The van der Waals surface area contributed by atoms with Crippen molar-refractivity contribution in [3.05, 3.63) is 93.2 Å². The van der Waals surface area contributed by atoms with Gasteiger partial charge in [-0.05, 0) is 48.0 Å². The number of benzene rings is 3. The Hall–Kier alpha value is -4.66. The quantitative estimate of drug-likeness (QED) is 0.179. The van der Waals surface area contributed by atoms with E-state index in [0.717, 1.165) is 0 Å². The van der Waals surface area contributed by atoms with Gasteiger partial charge in [0.25, 0.3) is 5.69 Å². The smallest absolute Gasteiger partial charge is 0.351 e. The van der Waals surface area contributed by atoms with E-state index in [1.807, 2.05) is 0 Å². The minimum Gasteiger partial charge on any atom is -0.496 e. The second-order valence-corrected chi connectivity index (χ2v) is 6.87. The van der Waals surface area contributed by atoms with Gasteiger partial charge in [0.15, 0.2) is 5.76 Å². The minimum atomic E-state index is -0.699. The molecule has 9 heteroatoms. The number of fused-ring (bicyclic) bond motifs is 1. The number of ketones is 1. The van der Waals surface area contributed by atoms with Gasteiger partial charge in [-0.25, -0.2) is 4.79 Å². The summed E-state index contributed by atoms with van der Waals surface area (Å²) >= 11 is 0. The van der Waals surface area contributed by atoms with Gasteiger partial charge in [-0.3, -0.25) is 14.9 Å². The van der Waals surface area contributed by atoms with Crippen molar-refractivity contribution in [3.8, 4) is 23.0 Å². The molecule has 1 heterocycles. The van der Waals surface area contributed by atoms with E-state index < -0.39 is 10.9 Å². The first-order valence-electron chi connectivity index (χ1n) is 9.67. The van der Waals surface area contributed by atoms with Crippen molar-refractivity contribution in [3.63, 3.8) is 0 Å². The predicted molar refractivity (Wildman–Crippen MR) is 117 cm³/mol. The number of Topliss-reactive ketones (excluding diaryl/α,β-unsaturated/α-hetero) is 1. The fraction of sp³-hybridized carbons (Fsp3) is 0.0833. The molecule has 3 aromatic rings. The third kappa shape index (κ3) is 4.24. The maximum atomic E-state index is 12.8. The molecule has 0 aromatic heterocycles. The van der Waals surface area contributed by atoms with Crippen LogP contribution in [0.2, 0.25) is 0 Å². The lowest BCUT2D eigenvalue weighted by Gasteiger charge is -2.12. The number of nitro benzene ring substituents is 1. The van der Waals surface area contributed by atoms with E-state index in [4.69, 9.17) is 18.9 Å². The number of hydrogen-bond acceptors (Lipinski definition) is 8. The Balaban J connectivity index is 1.56. The van der Waals surface area contributed by atoms with Gasteiger partial charge in [-0.2, -0.15) is 0 Å². The van der Waals surface area contributed by atoms with Crippen molar-refractivity contribution in [2.45, 2.75) is 0 Å². The number of carbonyl (C=O) groups is 2. The second-order valence-electron chi connectivity index (χ2n) is 6.87. The van der Waals surface area contributed by atoms with Crippen LogP contribution in [0.5, 0.6) is 23.0 Å². The monoisotopic (exact) mass is 447 g/mol. The van der Waals surface area contributed by atoms with Crippen LogP contribution < -0.4 is 18.9 Å². The molecule has 0 saturated carbocycles. The van der Waals surface area contributed by atoms with Crippen LogP contribution in [0.3, 0.4) is 0 Å². The standard InChI is InChI=1S/C24H17NO8/c1-30-18-4-3-5-19(31-2)22(18)24(27)32-16-10-11-17-20(13-16)33-21(23(17)26)12-14-6-8-15(9-7-14)25(28)29/h3-13H,1-2H3. The molecule has 0 saturated heterocycles. The molecule has 33 heavy (non-hydrogen) atoms. The SMILES string of the molecule is COc1cccc(OC)c1C(=O)Oc1ccc2c(c1)OC(=Cc1ccc([N+](=O)[O-])cc1)C2=O. The van der Waals surface area contributed by atoms with Crippen molar-refractivity contribution in [1.29, 1.82) is 0 Å². The number of nitro groups is 1. The van der Waals surface area contributed by atoms with Gasteiger partial charge in [0.05, 0.1) is 24.7 Å². The molecule has 1 aliphatic heterocycles. The second kappa shape index (κ2) is 8.83. The number of hydrogen-bond donors (Lipinski definition) is 0. The first kappa shape index (κ1) is 21.6. The van der Waals surface area contributed by atoms with E-state index in [1.54, 1.807) is 18.2 Å². The average Bonchev–Trinajstić information content (AvgIpc) is 3.13. The third-order valence-corrected chi connectivity index (χ3v) is 4.89. The highest BCUT2D eigenvalue weighted by molar-refractivity contribution is 6.14. The van der Waals surface area contributed by atoms with Crippen LogP contribution in [-0.2, 0) is 0 Å². The Morgan fingerprint density at radius 2 is 1.67 bits per heavy atom. The Kier molecular flexibility index (Phi) is 5.77. The molecule has 0 unspecified atom stereocenters. The van der Waals surface area contributed by atoms with Crippen molar-refractivity contribution < 1.29 is 33.5 Å². The van der Waals surface area contributed by atoms with Crippen LogP contribution in [0.4, 0.5) is 5.69 Å². The molecule has 9 nitrogen and oxygen atoms in total. The van der Waals surface area contributed by atoms with Crippen molar-refractivity contribution in [2.24, 2.45) is 0 Å². The zero-order valence-electron chi connectivity index (χ0n) is 17.6. The number of non-ortho nitro benzene ring substituents is 1. The number of rotatable bonds is 6. The summed E-state index contributed by atoms with van der Waals surface area (Å²) in [5.74, 6) is -0.0290. The lowest BCUT2D eigenvalue weighted by molar-refractivity contribution is -0.384. The molecule has 166 valence electrons. The van der Waals surface area contributed by atoms with E-state index in [1.165, 1.54) is 62.8 Å². The highest BCUT2D eigenvalue weighted by Crippen LogP contribution is 2.36. The van der Waals surface area contributed by atoms with Gasteiger partial charge in [0, 0.05) is 18.2 Å². The Morgan fingerprint density at radius 1 is 1.00 bits per heavy atom. The van der Waals surface area contributed by atoms with Crippen LogP contribution in [-0.4, -0.2) is 30.9 Å². The van der Waals surface area contributed by atoms with E-state index in [2.05, 4.69) is 0 Å². The third-order valence-electron chi connectivity index (χ3n) is 4.89. The highest BCUT2D eigenvalue weighted by Gasteiger charge is 2.28. The number of carbonyl (C=O) groups excluding carboxylic acids is 2. The summed E-state index contributed by atoms with van der Waals surface area (Å²) in [5, 5.41) is 10.8. The molecule has 4 rings (SSSR count). The van der Waals surface area contributed by atoms with E-state index >= 15 is 0 Å². The maximum Gasteiger partial charge on any atom is 0.351 e. The van der Waals surface area contributed by atoms with Gasteiger partial charge in [-0.1, -0.05) is 6.07 Å². The van der Waals surface area contributed by atoms with Gasteiger partial charge >= 0.3 is 5.97 Å². The van der Waals surface area contributed by atoms with Crippen LogP contribution >= 0.6 is 0 Å². The lowest BCUT2D eigenvalue weighted by Crippen LogP contribution is -2.12. The molecule has 0 radical (unpaired) electrons. The number of esters is 1. The minimum absolute atomic E-state index is 0.0497. The first-order chi connectivity index (χ1) is 15.9. The van der Waals surface area contributed by atoms with Gasteiger partial charge in [0.2, 0.25) is 5.78 Å². The number of allylic oxidation sites excluding steroid dienone is 1. The van der Waals surface area contributed by atoms with Gasteiger partial charge < -0.3 is 18.9 Å². The molecule has 0 fully saturated rings. The molecule has 0 amide bonds. The molecule has 0 atom stereocenters. The topological polar surface area (TPSA) is 114 Å². The number of ether oxygens (including phenoxy) is 4. The normalized spacial score (nSPS) is 13.3. The van der Waals surface area contributed by atoms with E-state index in [9.17, 15) is 19.7 Å². The van der Waals surface area contributed by atoms with Crippen molar-refractivity contribution >= 4 is 23.5 Å². The Morgan fingerprint density at radius 3 is 2.27 bits per heavy atom. The molecule has 0 N–H and O–H groups in total. The molecule has 0 spiro atoms. The highest BCUT2D eigenvalue weighted by atomic mass is 16.6. The largest absolute Gasteiger partial charge is 0.496 e. The van der Waals surface area contributed by atoms with Crippen LogP contribution in [0.15, 0.2) is 66.4 Å². The van der Waals surface area contributed by atoms with Gasteiger partial charge in [0.1, 0.15) is 28.6 Å². The summed E-state index contributed by atoms with van der Waals surface area (Å²) in [7, 11) is 2.86. The molecule has 0 bridgehead atoms. The summed E-state index contributed by atoms with van der Waals surface area (Å²) in [6.45, 7) is 0. The fourth-order valence-electron chi connectivity index (χ4n) is 3.28. The number of nitrogens with zero attached hydrogens (tertiary/aromatic N) is 1. The summed E-state index contributed by atoms with van der Waals surface area (Å²) in [5.41, 5.74) is 0.931. The molecule has 3 aromatic carbocycles. The van der Waals surface area contributed by atoms with Gasteiger partial charge in [-0.15, -0.1) is 0 Å². The zero-order valence-corrected chi connectivity index (χ0v) is 17.6. The molecular formula is C24H17NO8. The number of methoxy groups -OCH3 is 2. The van der Waals surface area contributed by atoms with Crippen molar-refractivity contribution in [1.82, 2.24) is 0 Å². The molecule has 1 aliphatic rings. The summed E-state index contributed by atoms with van der Waals surface area (Å²) in [6, 6.07) is 15.0. The maximum absolute atomic E-state index is 12.8. The van der Waals surface area contributed by atoms with Crippen LogP contribution in [0.1, 0.15) is 26.3 Å². The predicted octanol–water partition coefficient (Wildman–Crippen LogP) is 4.45. The van der Waals surface area contributed by atoms with E-state index in [-0.39, 0.29) is 34.3 Å². The fourth-order valence-corrected chi connectivity index (χ4v) is 3.28. The summed E-state index contributed by atoms with van der Waals surface area (Å²) < 4.78 is 21.6. The lowest BCUT2D eigenvalue weighted by atomic mass is 10.1. The van der Waals surface area contributed by atoms with Crippen LogP contribution in [0.25, 0.3) is 6.08 Å². The Labute approximate surface area is 187 Å². The van der Waals surface area contributed by atoms with E-state index in [0.29, 0.717) is 22.6 Å². The first-order valence-corrected chi connectivity index (χ1v) is 9.67. The Bertz CT molecular complexity index is 1270. The van der Waals surface area contributed by atoms with Crippen molar-refractivity contribution in [2.75, 3.05) is 14.2 Å². The molecule has 0 aliphatic carbocycles. The summed E-state index contributed by atoms with van der Waals surface area (Å²) in [6.07, 6.45) is 1.48. The van der Waals surface area contributed by atoms with Crippen LogP contribution in [0, 0.1) is 10.1 Å².